The second-order valence-electron chi connectivity index (χ2n) is 4.24. The molecule has 0 saturated carbocycles. The number of hydrogen-bond acceptors (Lipinski definition) is 3. The molecule has 0 aromatic heterocycles. The van der Waals surface area contributed by atoms with Crippen molar-refractivity contribution in [2.75, 3.05) is 20.2 Å². The van der Waals surface area contributed by atoms with Gasteiger partial charge in [-0.25, -0.2) is 0 Å². The van der Waals surface area contributed by atoms with Crippen LogP contribution in [0.2, 0.25) is 0 Å². The summed E-state index contributed by atoms with van der Waals surface area (Å²) < 4.78 is 5.31. The van der Waals surface area contributed by atoms with Crippen molar-refractivity contribution in [3.8, 4) is 5.75 Å². The molecule has 1 fully saturated rings. The zero-order valence-electron chi connectivity index (χ0n) is 9.83. The van der Waals surface area contributed by atoms with Gasteiger partial charge in [0.25, 0.3) is 0 Å². The van der Waals surface area contributed by atoms with Crippen LogP contribution >= 0.6 is 0 Å². The highest BCUT2D eigenvalue weighted by atomic mass is 16.5. The standard InChI is InChI=1S/C13H20N2O/c1-16-13-7-3-2-5-11(13)9-14-10-12-6-4-8-15-12/h2-3,5,7,12,14-15H,4,6,8-10H2,1H3. The molecule has 1 aliphatic rings. The van der Waals surface area contributed by atoms with Crippen LogP contribution in [0.3, 0.4) is 0 Å². The summed E-state index contributed by atoms with van der Waals surface area (Å²) in [6.45, 7) is 3.08. The molecule has 1 saturated heterocycles. The molecule has 1 aromatic rings. The quantitative estimate of drug-likeness (QED) is 0.789. The van der Waals surface area contributed by atoms with Crippen LogP contribution in [-0.4, -0.2) is 26.2 Å². The summed E-state index contributed by atoms with van der Waals surface area (Å²) in [4.78, 5) is 0. The fourth-order valence-electron chi connectivity index (χ4n) is 2.16. The second kappa shape index (κ2) is 5.87. The van der Waals surface area contributed by atoms with Crippen LogP contribution in [0.4, 0.5) is 0 Å². The number of nitrogens with one attached hydrogen (secondary N) is 2. The Morgan fingerprint density at radius 1 is 1.44 bits per heavy atom. The van der Waals surface area contributed by atoms with Gasteiger partial charge in [0.1, 0.15) is 5.75 Å². The minimum atomic E-state index is 0.648. The van der Waals surface area contributed by atoms with Crippen LogP contribution in [0, 0.1) is 0 Å². The number of benzene rings is 1. The zero-order valence-corrected chi connectivity index (χ0v) is 9.83. The van der Waals surface area contributed by atoms with E-state index in [2.05, 4.69) is 16.7 Å². The predicted octanol–water partition coefficient (Wildman–Crippen LogP) is 1.54. The first-order chi connectivity index (χ1) is 7.90. The third-order valence-corrected chi connectivity index (χ3v) is 3.06. The lowest BCUT2D eigenvalue weighted by atomic mass is 10.2. The van der Waals surface area contributed by atoms with Crippen molar-refractivity contribution >= 4 is 0 Å². The van der Waals surface area contributed by atoms with Crippen molar-refractivity contribution in [3.63, 3.8) is 0 Å². The molecule has 0 bridgehead atoms. The molecular weight excluding hydrogens is 200 g/mol. The summed E-state index contributed by atoms with van der Waals surface area (Å²) in [6, 6.07) is 8.81. The van der Waals surface area contributed by atoms with Gasteiger partial charge in [0.05, 0.1) is 7.11 Å². The summed E-state index contributed by atoms with van der Waals surface area (Å²) in [5.74, 6) is 0.967. The maximum absolute atomic E-state index is 5.31. The average Bonchev–Trinajstić information content (AvgIpc) is 2.83. The Kier molecular flexibility index (Phi) is 4.19. The topological polar surface area (TPSA) is 33.3 Å². The lowest BCUT2D eigenvalue weighted by Crippen LogP contribution is -2.33. The minimum absolute atomic E-state index is 0.648. The fourth-order valence-corrected chi connectivity index (χ4v) is 2.16. The van der Waals surface area contributed by atoms with Gasteiger partial charge in [0, 0.05) is 24.7 Å². The molecule has 16 heavy (non-hydrogen) atoms. The average molecular weight is 220 g/mol. The molecular formula is C13H20N2O. The maximum atomic E-state index is 5.31. The van der Waals surface area contributed by atoms with Gasteiger partial charge in [-0.15, -0.1) is 0 Å². The zero-order chi connectivity index (χ0) is 11.2. The molecule has 0 spiro atoms. The molecule has 0 aliphatic carbocycles. The highest BCUT2D eigenvalue weighted by Crippen LogP contribution is 2.16. The first kappa shape index (κ1) is 11.4. The smallest absolute Gasteiger partial charge is 0.123 e. The van der Waals surface area contributed by atoms with Gasteiger partial charge in [-0.3, -0.25) is 0 Å². The van der Waals surface area contributed by atoms with Crippen LogP contribution in [0.15, 0.2) is 24.3 Å². The third kappa shape index (κ3) is 2.97. The summed E-state index contributed by atoms with van der Waals surface area (Å²) >= 11 is 0. The third-order valence-electron chi connectivity index (χ3n) is 3.06. The number of methoxy groups -OCH3 is 1. The first-order valence-electron chi connectivity index (χ1n) is 5.96. The van der Waals surface area contributed by atoms with Crippen LogP contribution in [0.5, 0.6) is 5.75 Å². The molecule has 1 atom stereocenters. The van der Waals surface area contributed by atoms with E-state index in [4.69, 9.17) is 4.74 Å². The summed E-state index contributed by atoms with van der Waals surface area (Å²) in [5.41, 5.74) is 1.22. The fraction of sp³-hybridized carbons (Fsp3) is 0.538. The maximum Gasteiger partial charge on any atom is 0.123 e. The van der Waals surface area contributed by atoms with Gasteiger partial charge in [0.15, 0.2) is 0 Å². The van der Waals surface area contributed by atoms with Gasteiger partial charge in [-0.2, -0.15) is 0 Å². The molecule has 3 nitrogen and oxygen atoms in total. The van der Waals surface area contributed by atoms with Crippen molar-refractivity contribution in [2.45, 2.75) is 25.4 Å². The lowest BCUT2D eigenvalue weighted by Gasteiger charge is -2.13. The van der Waals surface area contributed by atoms with E-state index >= 15 is 0 Å². The van der Waals surface area contributed by atoms with Crippen molar-refractivity contribution in [1.82, 2.24) is 10.6 Å². The minimum Gasteiger partial charge on any atom is -0.496 e. The van der Waals surface area contributed by atoms with Gasteiger partial charge < -0.3 is 15.4 Å². The predicted molar refractivity (Wildman–Crippen MR) is 65.7 cm³/mol. The Hall–Kier alpha value is -1.06. The van der Waals surface area contributed by atoms with E-state index < -0.39 is 0 Å². The van der Waals surface area contributed by atoms with E-state index in [1.165, 1.54) is 24.9 Å². The van der Waals surface area contributed by atoms with Crippen LogP contribution < -0.4 is 15.4 Å². The molecule has 0 amide bonds. The van der Waals surface area contributed by atoms with E-state index in [1.807, 2.05) is 18.2 Å². The summed E-state index contributed by atoms with van der Waals surface area (Å²) in [7, 11) is 1.72. The SMILES string of the molecule is COc1ccccc1CNCC1CCCN1. The molecule has 1 aliphatic heterocycles. The second-order valence-corrected chi connectivity index (χ2v) is 4.24. The van der Waals surface area contributed by atoms with E-state index in [-0.39, 0.29) is 0 Å². The molecule has 88 valence electrons. The molecule has 1 unspecified atom stereocenters. The van der Waals surface area contributed by atoms with E-state index in [9.17, 15) is 0 Å². The Bertz CT molecular complexity index is 321. The number of hydrogen-bond donors (Lipinski definition) is 2. The summed E-state index contributed by atoms with van der Waals surface area (Å²) in [6.07, 6.45) is 2.60. The van der Waals surface area contributed by atoms with Crippen LogP contribution in [-0.2, 0) is 6.54 Å². The van der Waals surface area contributed by atoms with Crippen molar-refractivity contribution in [1.29, 1.82) is 0 Å². The molecule has 2 rings (SSSR count). The number of ether oxygens (including phenoxy) is 1. The molecule has 3 heteroatoms. The van der Waals surface area contributed by atoms with Gasteiger partial charge in [-0.1, -0.05) is 18.2 Å². The van der Waals surface area contributed by atoms with Crippen LogP contribution in [0.25, 0.3) is 0 Å². The highest BCUT2D eigenvalue weighted by Gasteiger charge is 2.13. The van der Waals surface area contributed by atoms with Gasteiger partial charge in [0.2, 0.25) is 0 Å². The van der Waals surface area contributed by atoms with Gasteiger partial charge in [-0.05, 0) is 25.5 Å². The first-order valence-corrected chi connectivity index (χ1v) is 5.96. The molecule has 1 aromatic carbocycles. The highest BCUT2D eigenvalue weighted by molar-refractivity contribution is 5.32. The van der Waals surface area contributed by atoms with Crippen molar-refractivity contribution < 1.29 is 4.74 Å². The molecule has 1 heterocycles. The Morgan fingerprint density at radius 2 is 2.31 bits per heavy atom. The van der Waals surface area contributed by atoms with Crippen molar-refractivity contribution in [3.05, 3.63) is 29.8 Å². The number of rotatable bonds is 5. The van der Waals surface area contributed by atoms with Crippen LogP contribution in [0.1, 0.15) is 18.4 Å². The lowest BCUT2D eigenvalue weighted by molar-refractivity contribution is 0.406. The Morgan fingerprint density at radius 3 is 3.06 bits per heavy atom. The molecule has 2 N–H and O–H groups in total. The van der Waals surface area contributed by atoms with Gasteiger partial charge >= 0.3 is 0 Å². The van der Waals surface area contributed by atoms with Crippen molar-refractivity contribution in [2.24, 2.45) is 0 Å². The van der Waals surface area contributed by atoms with E-state index in [1.54, 1.807) is 7.11 Å². The largest absolute Gasteiger partial charge is 0.496 e. The Labute approximate surface area is 97.2 Å². The summed E-state index contributed by atoms with van der Waals surface area (Å²) in [5, 5.41) is 6.95. The Balaban J connectivity index is 1.79. The van der Waals surface area contributed by atoms with E-state index in [0.29, 0.717) is 6.04 Å². The normalized spacial score (nSPS) is 19.9. The molecule has 0 radical (unpaired) electrons. The monoisotopic (exact) mass is 220 g/mol. The number of para-hydroxylation sites is 1. The van der Waals surface area contributed by atoms with E-state index in [0.717, 1.165) is 18.8 Å².